The molecule has 0 aliphatic rings. The number of aryl methyl sites for hydroxylation is 2. The number of amides is 1. The van der Waals surface area contributed by atoms with E-state index in [9.17, 15) is 9.18 Å². The lowest BCUT2D eigenvalue weighted by atomic mass is 10.3. The first-order chi connectivity index (χ1) is 11.0. The molecule has 0 spiro atoms. The molecule has 0 N–H and O–H groups in total. The van der Waals surface area contributed by atoms with Gasteiger partial charge in [0.25, 0.3) is 5.91 Å². The molecular weight excluding hydrogens is 333 g/mol. The van der Waals surface area contributed by atoms with Crippen molar-refractivity contribution in [2.45, 2.75) is 20.4 Å². The highest BCUT2D eigenvalue weighted by molar-refractivity contribution is 7.16. The Balaban J connectivity index is 2.21. The van der Waals surface area contributed by atoms with Gasteiger partial charge in [-0.2, -0.15) is 4.99 Å². The van der Waals surface area contributed by atoms with Crippen molar-refractivity contribution >= 4 is 38.8 Å². The molecule has 7 heteroatoms. The molecule has 3 aromatic rings. The van der Waals surface area contributed by atoms with E-state index in [0.717, 1.165) is 5.01 Å². The molecule has 0 radical (unpaired) electrons. The maximum atomic E-state index is 14.1. The molecule has 0 bridgehead atoms. The van der Waals surface area contributed by atoms with Crippen LogP contribution in [0.1, 0.15) is 20.4 Å². The fourth-order valence-corrected chi connectivity index (χ4v) is 4.12. The average molecular weight is 345 g/mol. The third-order valence-corrected chi connectivity index (χ3v) is 5.30. The smallest absolute Gasteiger partial charge is 0.291 e. The van der Waals surface area contributed by atoms with Gasteiger partial charge >= 0.3 is 0 Å². The van der Waals surface area contributed by atoms with Crippen molar-refractivity contribution in [1.82, 2.24) is 9.55 Å². The maximum Gasteiger partial charge on any atom is 0.291 e. The molecule has 1 aromatic carbocycles. The Morgan fingerprint density at radius 1 is 1.43 bits per heavy atom. The fourth-order valence-electron chi connectivity index (χ4n) is 2.28. The molecule has 0 aliphatic carbocycles. The summed E-state index contributed by atoms with van der Waals surface area (Å²) in [5.74, 6) is 1.72. The number of carbonyl (C=O) groups is 1. The quantitative estimate of drug-likeness (QED) is 0.669. The predicted octanol–water partition coefficient (Wildman–Crippen LogP) is 3.29. The van der Waals surface area contributed by atoms with E-state index in [2.05, 4.69) is 15.9 Å². The van der Waals surface area contributed by atoms with Gasteiger partial charge in [0.2, 0.25) is 0 Å². The van der Waals surface area contributed by atoms with E-state index < -0.39 is 0 Å². The number of carbonyl (C=O) groups excluding carboxylic acids is 1. The molecule has 0 saturated heterocycles. The van der Waals surface area contributed by atoms with Gasteiger partial charge in [0.1, 0.15) is 10.7 Å². The number of hydrogen-bond acceptors (Lipinski definition) is 4. The van der Waals surface area contributed by atoms with Crippen LogP contribution in [0, 0.1) is 32.0 Å². The molecule has 23 heavy (non-hydrogen) atoms. The van der Waals surface area contributed by atoms with Crippen LogP contribution in [0.15, 0.2) is 23.2 Å². The number of fused-ring (bicyclic) bond motifs is 1. The van der Waals surface area contributed by atoms with Crippen molar-refractivity contribution in [3.63, 3.8) is 0 Å². The van der Waals surface area contributed by atoms with Gasteiger partial charge < -0.3 is 4.57 Å². The Hall–Kier alpha value is -2.30. The number of thiazole rings is 2. The standard InChI is InChI=1S/C16H12FN3OS2/c1-4-8-20-13-11(17)6-5-7-12(13)23-16(20)19-15(21)14-9(2)18-10(3)22-14/h1,5-7H,8H2,2-3H3. The zero-order valence-electron chi connectivity index (χ0n) is 12.5. The van der Waals surface area contributed by atoms with Gasteiger partial charge in [0.05, 0.1) is 27.5 Å². The van der Waals surface area contributed by atoms with Crippen molar-refractivity contribution in [3.8, 4) is 12.3 Å². The predicted molar refractivity (Wildman–Crippen MR) is 90.1 cm³/mol. The monoisotopic (exact) mass is 345 g/mol. The molecule has 2 heterocycles. The topological polar surface area (TPSA) is 47.2 Å². The highest BCUT2D eigenvalue weighted by Gasteiger charge is 2.15. The first-order valence-corrected chi connectivity index (χ1v) is 8.39. The Labute approximate surface area is 140 Å². The Kier molecular flexibility index (Phi) is 4.11. The SMILES string of the molecule is C#CCn1c(=NC(=O)c2sc(C)nc2C)sc2cccc(F)c21. The lowest BCUT2D eigenvalue weighted by Crippen LogP contribution is -2.17. The maximum absolute atomic E-state index is 14.1. The number of nitrogens with zero attached hydrogens (tertiary/aromatic N) is 3. The number of halogens is 1. The van der Waals surface area contributed by atoms with Gasteiger partial charge in [-0.3, -0.25) is 4.79 Å². The number of aromatic nitrogens is 2. The van der Waals surface area contributed by atoms with Crippen LogP contribution >= 0.6 is 22.7 Å². The largest absolute Gasteiger partial charge is 0.302 e. The van der Waals surface area contributed by atoms with E-state index in [-0.39, 0.29) is 18.3 Å². The Morgan fingerprint density at radius 2 is 2.22 bits per heavy atom. The van der Waals surface area contributed by atoms with Crippen LogP contribution in [-0.2, 0) is 6.54 Å². The second kappa shape index (κ2) is 6.07. The Bertz CT molecular complexity index is 1020. The third-order valence-electron chi connectivity index (χ3n) is 3.20. The molecule has 0 aliphatic heterocycles. The van der Waals surface area contributed by atoms with Gasteiger partial charge in [0, 0.05) is 0 Å². The fraction of sp³-hybridized carbons (Fsp3) is 0.188. The molecule has 0 fully saturated rings. The first-order valence-electron chi connectivity index (χ1n) is 6.75. The second-order valence-electron chi connectivity index (χ2n) is 4.83. The van der Waals surface area contributed by atoms with E-state index in [1.165, 1.54) is 28.7 Å². The summed E-state index contributed by atoms with van der Waals surface area (Å²) < 4.78 is 16.3. The van der Waals surface area contributed by atoms with Gasteiger partial charge in [-0.15, -0.1) is 17.8 Å². The van der Waals surface area contributed by atoms with Crippen molar-refractivity contribution < 1.29 is 9.18 Å². The van der Waals surface area contributed by atoms with Crippen LogP contribution < -0.4 is 4.80 Å². The molecule has 0 saturated carbocycles. The average Bonchev–Trinajstić information content (AvgIpc) is 3.01. The molecule has 4 nitrogen and oxygen atoms in total. The van der Waals surface area contributed by atoms with E-state index in [0.29, 0.717) is 25.6 Å². The number of rotatable bonds is 2. The summed E-state index contributed by atoms with van der Waals surface area (Å²) in [4.78, 5) is 21.7. The summed E-state index contributed by atoms with van der Waals surface area (Å²) in [5.41, 5.74) is 1.02. The number of benzene rings is 1. The normalized spacial score (nSPS) is 11.8. The summed E-state index contributed by atoms with van der Waals surface area (Å²) in [6.07, 6.45) is 5.38. The van der Waals surface area contributed by atoms with Gasteiger partial charge in [-0.25, -0.2) is 9.37 Å². The molecule has 1 amide bonds. The zero-order valence-corrected chi connectivity index (χ0v) is 14.1. The van der Waals surface area contributed by atoms with Crippen LogP contribution in [-0.4, -0.2) is 15.5 Å². The number of terminal acetylenes is 1. The third kappa shape index (κ3) is 2.83. The molecule has 0 unspecified atom stereocenters. The second-order valence-corrected chi connectivity index (χ2v) is 7.04. The van der Waals surface area contributed by atoms with Gasteiger partial charge in [-0.1, -0.05) is 23.3 Å². The van der Waals surface area contributed by atoms with Crippen LogP contribution in [0.3, 0.4) is 0 Å². The zero-order chi connectivity index (χ0) is 16.6. The van der Waals surface area contributed by atoms with Crippen molar-refractivity contribution in [3.05, 3.63) is 44.4 Å². The number of para-hydroxylation sites is 1. The van der Waals surface area contributed by atoms with Gasteiger partial charge in [-0.05, 0) is 26.0 Å². The molecular formula is C16H12FN3OS2. The summed E-state index contributed by atoms with van der Waals surface area (Å²) in [5, 5.41) is 0.805. The van der Waals surface area contributed by atoms with Gasteiger partial charge in [0.15, 0.2) is 4.80 Å². The summed E-state index contributed by atoms with van der Waals surface area (Å²) in [6, 6.07) is 4.77. The van der Waals surface area contributed by atoms with Crippen LogP contribution in [0.25, 0.3) is 10.2 Å². The van der Waals surface area contributed by atoms with Crippen LogP contribution in [0.4, 0.5) is 4.39 Å². The highest BCUT2D eigenvalue weighted by atomic mass is 32.1. The molecule has 0 atom stereocenters. The van der Waals surface area contributed by atoms with Crippen molar-refractivity contribution in [1.29, 1.82) is 0 Å². The minimum Gasteiger partial charge on any atom is -0.302 e. The minimum absolute atomic E-state index is 0.147. The highest BCUT2D eigenvalue weighted by Crippen LogP contribution is 2.21. The summed E-state index contributed by atoms with van der Waals surface area (Å²) >= 11 is 2.54. The van der Waals surface area contributed by atoms with E-state index in [1.54, 1.807) is 23.6 Å². The molecule has 3 rings (SSSR count). The van der Waals surface area contributed by atoms with Crippen molar-refractivity contribution in [2.75, 3.05) is 0 Å². The minimum atomic E-state index is -0.383. The summed E-state index contributed by atoms with van der Waals surface area (Å²) in [6.45, 7) is 3.75. The number of hydrogen-bond donors (Lipinski definition) is 0. The Morgan fingerprint density at radius 3 is 2.87 bits per heavy atom. The van der Waals surface area contributed by atoms with E-state index >= 15 is 0 Å². The summed E-state index contributed by atoms with van der Waals surface area (Å²) in [7, 11) is 0. The lowest BCUT2D eigenvalue weighted by molar-refractivity contribution is 0.100. The first kappa shape index (κ1) is 15.6. The van der Waals surface area contributed by atoms with Crippen molar-refractivity contribution in [2.24, 2.45) is 4.99 Å². The van der Waals surface area contributed by atoms with Crippen LogP contribution in [0.5, 0.6) is 0 Å². The molecule has 2 aromatic heterocycles. The molecule has 116 valence electrons. The van der Waals surface area contributed by atoms with Crippen LogP contribution in [0.2, 0.25) is 0 Å². The van der Waals surface area contributed by atoms with E-state index in [1.807, 2.05) is 6.92 Å². The lowest BCUT2D eigenvalue weighted by Gasteiger charge is -2.00. The van der Waals surface area contributed by atoms with E-state index in [4.69, 9.17) is 6.42 Å².